The van der Waals surface area contributed by atoms with Gasteiger partial charge in [0.2, 0.25) is 0 Å². The molecule has 1 amide bonds. The van der Waals surface area contributed by atoms with Crippen LogP contribution in [0, 0.1) is 5.92 Å². The summed E-state index contributed by atoms with van der Waals surface area (Å²) < 4.78 is 10.8. The van der Waals surface area contributed by atoms with Gasteiger partial charge in [0.25, 0.3) is 5.91 Å². The molecule has 0 aromatic carbocycles. The van der Waals surface area contributed by atoms with E-state index in [0.717, 1.165) is 26.2 Å². The first-order valence-electron chi connectivity index (χ1n) is 7.34. The number of amides is 1. The fraction of sp³-hybridized carbons (Fsp3) is 0.667. The van der Waals surface area contributed by atoms with Crippen LogP contribution in [0.5, 0.6) is 0 Å². The molecule has 1 saturated carbocycles. The lowest BCUT2D eigenvalue weighted by molar-refractivity contribution is -0.0331. The van der Waals surface area contributed by atoms with Gasteiger partial charge in [-0.25, -0.2) is 0 Å². The van der Waals surface area contributed by atoms with E-state index in [1.165, 1.54) is 19.1 Å². The fourth-order valence-electron chi connectivity index (χ4n) is 2.64. The molecule has 5 heteroatoms. The lowest BCUT2D eigenvalue weighted by Crippen LogP contribution is -2.48. The SMILES string of the molecule is CN1CCOC(CN(CC2CC2)C(=O)c2ccoc2)C1. The van der Waals surface area contributed by atoms with Gasteiger partial charge in [0.1, 0.15) is 6.26 Å². The van der Waals surface area contributed by atoms with Gasteiger partial charge in [0, 0.05) is 26.2 Å². The van der Waals surface area contributed by atoms with E-state index in [2.05, 4.69) is 11.9 Å². The normalized spacial score (nSPS) is 23.8. The van der Waals surface area contributed by atoms with Gasteiger partial charge in [-0.15, -0.1) is 0 Å². The molecular weight excluding hydrogens is 256 g/mol. The number of likely N-dealkylation sites (N-methyl/N-ethyl adjacent to an activating group) is 1. The van der Waals surface area contributed by atoms with Crippen molar-refractivity contribution in [3.8, 4) is 0 Å². The van der Waals surface area contributed by atoms with Crippen LogP contribution in [0.25, 0.3) is 0 Å². The van der Waals surface area contributed by atoms with Crippen molar-refractivity contribution in [2.75, 3.05) is 39.8 Å². The van der Waals surface area contributed by atoms with Gasteiger partial charge >= 0.3 is 0 Å². The standard InChI is InChI=1S/C15H22N2O3/c1-16-5-7-20-14(9-16)10-17(8-12-2-3-12)15(18)13-4-6-19-11-13/h4,6,11-12,14H,2-3,5,7-10H2,1H3. The minimum absolute atomic E-state index is 0.0578. The molecule has 2 aliphatic rings. The number of rotatable bonds is 5. The molecule has 1 aromatic heterocycles. The first-order valence-corrected chi connectivity index (χ1v) is 7.34. The Morgan fingerprint density at radius 1 is 1.45 bits per heavy atom. The zero-order chi connectivity index (χ0) is 13.9. The summed E-state index contributed by atoms with van der Waals surface area (Å²) in [5.41, 5.74) is 0.634. The van der Waals surface area contributed by atoms with Crippen LogP contribution >= 0.6 is 0 Å². The third-order valence-electron chi connectivity index (χ3n) is 4.00. The van der Waals surface area contributed by atoms with E-state index in [1.807, 2.05) is 4.90 Å². The summed E-state index contributed by atoms with van der Waals surface area (Å²) in [7, 11) is 2.10. The summed E-state index contributed by atoms with van der Waals surface area (Å²) >= 11 is 0. The van der Waals surface area contributed by atoms with Crippen molar-refractivity contribution < 1.29 is 13.9 Å². The topological polar surface area (TPSA) is 45.9 Å². The maximum absolute atomic E-state index is 12.5. The van der Waals surface area contributed by atoms with Crippen molar-refractivity contribution in [3.63, 3.8) is 0 Å². The number of hydrogen-bond acceptors (Lipinski definition) is 4. The third kappa shape index (κ3) is 3.41. The molecule has 1 aromatic rings. The Bertz CT molecular complexity index is 442. The van der Waals surface area contributed by atoms with Crippen LogP contribution in [-0.4, -0.2) is 61.6 Å². The van der Waals surface area contributed by atoms with Crippen LogP contribution in [0.4, 0.5) is 0 Å². The van der Waals surface area contributed by atoms with Crippen LogP contribution in [0.2, 0.25) is 0 Å². The number of morpholine rings is 1. The highest BCUT2D eigenvalue weighted by Gasteiger charge is 2.30. The Morgan fingerprint density at radius 2 is 2.30 bits per heavy atom. The maximum Gasteiger partial charge on any atom is 0.257 e. The Labute approximate surface area is 119 Å². The fourth-order valence-corrected chi connectivity index (χ4v) is 2.64. The van der Waals surface area contributed by atoms with E-state index in [4.69, 9.17) is 9.15 Å². The molecule has 2 fully saturated rings. The van der Waals surface area contributed by atoms with E-state index in [1.54, 1.807) is 12.3 Å². The molecule has 110 valence electrons. The largest absolute Gasteiger partial charge is 0.472 e. The molecule has 1 aliphatic heterocycles. The average Bonchev–Trinajstić information content (AvgIpc) is 3.08. The Morgan fingerprint density at radius 3 is 2.95 bits per heavy atom. The lowest BCUT2D eigenvalue weighted by Gasteiger charge is -2.34. The molecule has 0 radical (unpaired) electrons. The molecule has 5 nitrogen and oxygen atoms in total. The predicted molar refractivity (Wildman–Crippen MR) is 74.6 cm³/mol. The van der Waals surface area contributed by atoms with Gasteiger partial charge in [-0.3, -0.25) is 4.79 Å². The van der Waals surface area contributed by atoms with Crippen molar-refractivity contribution in [3.05, 3.63) is 24.2 Å². The highest BCUT2D eigenvalue weighted by atomic mass is 16.5. The molecule has 1 saturated heterocycles. The molecule has 1 aliphatic carbocycles. The Hall–Kier alpha value is -1.33. The predicted octanol–water partition coefficient (Wildman–Crippen LogP) is 1.46. The minimum Gasteiger partial charge on any atom is -0.472 e. The highest BCUT2D eigenvalue weighted by molar-refractivity contribution is 5.93. The molecule has 3 rings (SSSR count). The van der Waals surface area contributed by atoms with Crippen molar-refractivity contribution in [1.29, 1.82) is 0 Å². The van der Waals surface area contributed by atoms with E-state index in [-0.39, 0.29) is 12.0 Å². The Balaban J connectivity index is 1.64. The second kappa shape index (κ2) is 5.97. The molecule has 1 atom stereocenters. The number of furan rings is 1. The third-order valence-corrected chi connectivity index (χ3v) is 4.00. The van der Waals surface area contributed by atoms with Gasteiger partial charge in [-0.1, -0.05) is 0 Å². The van der Waals surface area contributed by atoms with Crippen molar-refractivity contribution in [1.82, 2.24) is 9.80 Å². The summed E-state index contributed by atoms with van der Waals surface area (Å²) in [5.74, 6) is 0.731. The maximum atomic E-state index is 12.5. The van der Waals surface area contributed by atoms with Crippen molar-refractivity contribution in [2.24, 2.45) is 5.92 Å². The summed E-state index contributed by atoms with van der Waals surface area (Å²) in [5, 5.41) is 0. The molecule has 20 heavy (non-hydrogen) atoms. The lowest BCUT2D eigenvalue weighted by atomic mass is 10.2. The molecule has 1 unspecified atom stereocenters. The van der Waals surface area contributed by atoms with Gasteiger partial charge < -0.3 is 19.0 Å². The van der Waals surface area contributed by atoms with Gasteiger partial charge in [-0.05, 0) is 31.9 Å². The van der Waals surface area contributed by atoms with Gasteiger partial charge in [-0.2, -0.15) is 0 Å². The van der Waals surface area contributed by atoms with Crippen LogP contribution in [0.3, 0.4) is 0 Å². The van der Waals surface area contributed by atoms with Gasteiger partial charge in [0.05, 0.1) is 24.5 Å². The number of carbonyl (C=O) groups is 1. The number of ether oxygens (including phenoxy) is 1. The van der Waals surface area contributed by atoms with E-state index in [0.29, 0.717) is 18.0 Å². The highest BCUT2D eigenvalue weighted by Crippen LogP contribution is 2.30. The second-order valence-corrected chi connectivity index (χ2v) is 5.92. The number of carbonyl (C=O) groups excluding carboxylic acids is 1. The summed E-state index contributed by atoms with van der Waals surface area (Å²) in [4.78, 5) is 16.7. The summed E-state index contributed by atoms with van der Waals surface area (Å²) in [6.07, 6.45) is 5.66. The Kier molecular flexibility index (Phi) is 4.08. The van der Waals surface area contributed by atoms with Crippen molar-refractivity contribution >= 4 is 5.91 Å². The van der Waals surface area contributed by atoms with E-state index >= 15 is 0 Å². The molecule has 2 heterocycles. The second-order valence-electron chi connectivity index (χ2n) is 5.92. The molecule has 0 N–H and O–H groups in total. The zero-order valence-corrected chi connectivity index (χ0v) is 12.0. The van der Waals surface area contributed by atoms with Crippen LogP contribution in [0.1, 0.15) is 23.2 Å². The van der Waals surface area contributed by atoms with Crippen LogP contribution in [-0.2, 0) is 4.74 Å². The van der Waals surface area contributed by atoms with Gasteiger partial charge in [0.15, 0.2) is 0 Å². The average molecular weight is 278 g/mol. The van der Waals surface area contributed by atoms with Crippen LogP contribution in [0.15, 0.2) is 23.0 Å². The monoisotopic (exact) mass is 278 g/mol. The molecular formula is C15H22N2O3. The number of nitrogens with zero attached hydrogens (tertiary/aromatic N) is 2. The zero-order valence-electron chi connectivity index (χ0n) is 12.0. The van der Waals surface area contributed by atoms with Crippen LogP contribution < -0.4 is 0 Å². The van der Waals surface area contributed by atoms with E-state index in [9.17, 15) is 4.79 Å². The molecule has 0 bridgehead atoms. The van der Waals surface area contributed by atoms with E-state index < -0.39 is 0 Å². The molecule has 0 spiro atoms. The summed E-state index contributed by atoms with van der Waals surface area (Å²) in [6, 6.07) is 1.73. The van der Waals surface area contributed by atoms with Crippen molar-refractivity contribution in [2.45, 2.75) is 18.9 Å². The first kappa shape index (κ1) is 13.6. The summed E-state index contributed by atoms with van der Waals surface area (Å²) in [6.45, 7) is 4.12. The quantitative estimate of drug-likeness (QED) is 0.818. The number of hydrogen-bond donors (Lipinski definition) is 0. The first-order chi connectivity index (χ1) is 9.72. The smallest absolute Gasteiger partial charge is 0.257 e. The minimum atomic E-state index is 0.0578.